The van der Waals surface area contributed by atoms with Crippen LogP contribution in [0.4, 0.5) is 0 Å². The zero-order chi connectivity index (χ0) is 22.6. The van der Waals surface area contributed by atoms with E-state index >= 15 is 0 Å². The Hall–Kier alpha value is -2.27. The van der Waals surface area contributed by atoms with Gasteiger partial charge in [0.2, 0.25) is 11.8 Å². The van der Waals surface area contributed by atoms with Crippen LogP contribution < -0.4 is 5.32 Å². The van der Waals surface area contributed by atoms with Crippen molar-refractivity contribution in [3.8, 4) is 0 Å². The van der Waals surface area contributed by atoms with Gasteiger partial charge in [0.25, 0.3) is 0 Å². The molecule has 0 fully saturated rings. The molecule has 168 valence electrons. The summed E-state index contributed by atoms with van der Waals surface area (Å²) in [4.78, 5) is 29.1. The lowest BCUT2D eigenvalue weighted by Gasteiger charge is -2.31. The second-order valence-electron chi connectivity index (χ2n) is 7.98. The fraction of sp³-hybridized carbons (Fsp3) is 0.462. The molecule has 2 atom stereocenters. The standard InChI is InChI=1S/C26H36N2O2S/c1-5-21(4)27-26(30)24(6-2)28(18-16-22-10-8-7-9-11-22)25(29)17-19-31-23-14-12-20(3)13-15-23/h7-15,21,24H,5-6,16-19H2,1-4H3,(H,27,30). The minimum absolute atomic E-state index is 0.0432. The minimum Gasteiger partial charge on any atom is -0.352 e. The number of carbonyl (C=O) groups excluding carboxylic acids is 2. The van der Waals surface area contributed by atoms with Crippen LogP contribution in [-0.4, -0.2) is 41.1 Å². The maximum Gasteiger partial charge on any atom is 0.243 e. The lowest BCUT2D eigenvalue weighted by Crippen LogP contribution is -2.51. The Labute approximate surface area is 191 Å². The molecule has 0 aromatic heterocycles. The van der Waals surface area contributed by atoms with Crippen molar-refractivity contribution < 1.29 is 9.59 Å². The summed E-state index contributed by atoms with van der Waals surface area (Å²) < 4.78 is 0. The van der Waals surface area contributed by atoms with E-state index in [0.717, 1.165) is 17.7 Å². The number of carbonyl (C=O) groups is 2. The fourth-order valence-electron chi connectivity index (χ4n) is 3.37. The highest BCUT2D eigenvalue weighted by Gasteiger charge is 2.28. The molecule has 0 bridgehead atoms. The first kappa shape index (κ1) is 25.0. The molecule has 0 aliphatic carbocycles. The van der Waals surface area contributed by atoms with Gasteiger partial charge < -0.3 is 10.2 Å². The number of benzene rings is 2. The van der Waals surface area contributed by atoms with E-state index in [1.54, 1.807) is 16.7 Å². The first-order valence-corrected chi connectivity index (χ1v) is 12.3. The predicted molar refractivity (Wildman–Crippen MR) is 130 cm³/mol. The number of nitrogens with zero attached hydrogens (tertiary/aromatic N) is 1. The number of hydrogen-bond donors (Lipinski definition) is 1. The van der Waals surface area contributed by atoms with Gasteiger partial charge in [0.1, 0.15) is 6.04 Å². The molecule has 2 aromatic carbocycles. The van der Waals surface area contributed by atoms with Gasteiger partial charge >= 0.3 is 0 Å². The van der Waals surface area contributed by atoms with E-state index in [0.29, 0.717) is 25.1 Å². The molecule has 0 saturated carbocycles. The smallest absolute Gasteiger partial charge is 0.243 e. The lowest BCUT2D eigenvalue weighted by atomic mass is 10.1. The van der Waals surface area contributed by atoms with Gasteiger partial charge in [-0.3, -0.25) is 9.59 Å². The molecule has 0 spiro atoms. The minimum atomic E-state index is -0.436. The van der Waals surface area contributed by atoms with E-state index in [-0.39, 0.29) is 17.9 Å². The van der Waals surface area contributed by atoms with Gasteiger partial charge in [-0.05, 0) is 50.8 Å². The normalized spacial score (nSPS) is 12.8. The van der Waals surface area contributed by atoms with Crippen LogP contribution in [0, 0.1) is 6.92 Å². The van der Waals surface area contributed by atoms with E-state index in [2.05, 4.69) is 48.6 Å². The molecule has 2 amide bonds. The molecular formula is C26H36N2O2S. The molecule has 1 N–H and O–H groups in total. The Bertz CT molecular complexity index is 808. The van der Waals surface area contributed by atoms with Crippen LogP contribution in [0.3, 0.4) is 0 Å². The van der Waals surface area contributed by atoms with Crippen LogP contribution in [0.25, 0.3) is 0 Å². The second-order valence-corrected chi connectivity index (χ2v) is 9.14. The highest BCUT2D eigenvalue weighted by atomic mass is 32.2. The Morgan fingerprint density at radius 2 is 1.68 bits per heavy atom. The van der Waals surface area contributed by atoms with Gasteiger partial charge in [-0.2, -0.15) is 0 Å². The number of hydrogen-bond acceptors (Lipinski definition) is 3. The van der Waals surface area contributed by atoms with Crippen molar-refractivity contribution in [2.24, 2.45) is 0 Å². The van der Waals surface area contributed by atoms with Gasteiger partial charge in [0.15, 0.2) is 0 Å². The first-order chi connectivity index (χ1) is 14.9. The average Bonchev–Trinajstić information content (AvgIpc) is 2.78. The van der Waals surface area contributed by atoms with Crippen LogP contribution in [0.1, 0.15) is 51.2 Å². The molecule has 0 aliphatic rings. The van der Waals surface area contributed by atoms with Gasteiger partial charge in [-0.15, -0.1) is 11.8 Å². The molecule has 4 nitrogen and oxygen atoms in total. The molecule has 2 rings (SSSR count). The summed E-state index contributed by atoms with van der Waals surface area (Å²) in [5, 5.41) is 3.06. The molecule has 0 heterocycles. The van der Waals surface area contributed by atoms with Gasteiger partial charge in [0, 0.05) is 29.7 Å². The largest absolute Gasteiger partial charge is 0.352 e. The van der Waals surface area contributed by atoms with Crippen LogP contribution in [0.15, 0.2) is 59.5 Å². The Balaban J connectivity index is 2.05. The number of aryl methyl sites for hydroxylation is 1. The van der Waals surface area contributed by atoms with Crippen LogP contribution >= 0.6 is 11.8 Å². The molecule has 0 radical (unpaired) electrons. The average molecular weight is 441 g/mol. The first-order valence-electron chi connectivity index (χ1n) is 11.3. The highest BCUT2D eigenvalue weighted by molar-refractivity contribution is 7.99. The summed E-state index contributed by atoms with van der Waals surface area (Å²) in [6, 6.07) is 18.2. The third-order valence-corrected chi connectivity index (χ3v) is 6.49. The summed E-state index contributed by atoms with van der Waals surface area (Å²) in [5.74, 6) is 0.693. The van der Waals surface area contributed by atoms with Crippen molar-refractivity contribution >= 4 is 23.6 Å². The fourth-order valence-corrected chi connectivity index (χ4v) is 4.21. The van der Waals surface area contributed by atoms with Crippen molar-refractivity contribution in [1.82, 2.24) is 10.2 Å². The van der Waals surface area contributed by atoms with Crippen molar-refractivity contribution in [1.29, 1.82) is 0 Å². The molecule has 0 aliphatic heterocycles. The van der Waals surface area contributed by atoms with Crippen LogP contribution in [0.2, 0.25) is 0 Å². The maximum atomic E-state index is 13.2. The third kappa shape index (κ3) is 8.41. The van der Waals surface area contributed by atoms with E-state index in [1.807, 2.05) is 39.0 Å². The Morgan fingerprint density at radius 3 is 2.29 bits per heavy atom. The second kappa shape index (κ2) is 13.2. The molecule has 0 saturated heterocycles. The number of thioether (sulfide) groups is 1. The SMILES string of the molecule is CCC(C)NC(=O)C(CC)N(CCc1ccccc1)C(=O)CCSc1ccc(C)cc1. The third-order valence-electron chi connectivity index (χ3n) is 5.48. The van der Waals surface area contributed by atoms with E-state index in [9.17, 15) is 9.59 Å². The van der Waals surface area contributed by atoms with E-state index in [1.165, 1.54) is 11.1 Å². The summed E-state index contributed by atoms with van der Waals surface area (Å²) in [6.45, 7) is 8.64. The number of nitrogens with one attached hydrogen (secondary N) is 1. The summed E-state index contributed by atoms with van der Waals surface area (Å²) in [5.41, 5.74) is 2.40. The van der Waals surface area contributed by atoms with Gasteiger partial charge in [-0.25, -0.2) is 0 Å². The Morgan fingerprint density at radius 1 is 1.00 bits per heavy atom. The molecule has 2 unspecified atom stereocenters. The summed E-state index contributed by atoms with van der Waals surface area (Å²) in [7, 11) is 0. The molecule has 2 aromatic rings. The van der Waals surface area contributed by atoms with Crippen molar-refractivity contribution in [2.75, 3.05) is 12.3 Å². The highest BCUT2D eigenvalue weighted by Crippen LogP contribution is 2.20. The predicted octanol–water partition coefficient (Wildman–Crippen LogP) is 5.24. The molecule has 31 heavy (non-hydrogen) atoms. The lowest BCUT2D eigenvalue weighted by molar-refractivity contribution is -0.140. The summed E-state index contributed by atoms with van der Waals surface area (Å²) >= 11 is 1.68. The van der Waals surface area contributed by atoms with E-state index in [4.69, 9.17) is 0 Å². The monoisotopic (exact) mass is 440 g/mol. The van der Waals surface area contributed by atoms with Crippen LogP contribution in [0.5, 0.6) is 0 Å². The topological polar surface area (TPSA) is 49.4 Å². The van der Waals surface area contributed by atoms with Crippen molar-refractivity contribution in [2.45, 2.75) is 70.4 Å². The number of rotatable bonds is 12. The van der Waals surface area contributed by atoms with Crippen molar-refractivity contribution in [3.63, 3.8) is 0 Å². The zero-order valence-electron chi connectivity index (χ0n) is 19.3. The maximum absolute atomic E-state index is 13.2. The van der Waals surface area contributed by atoms with Gasteiger partial charge in [-0.1, -0.05) is 61.9 Å². The van der Waals surface area contributed by atoms with Gasteiger partial charge in [0.05, 0.1) is 0 Å². The summed E-state index contributed by atoms with van der Waals surface area (Å²) in [6.07, 6.45) is 2.63. The van der Waals surface area contributed by atoms with Crippen molar-refractivity contribution in [3.05, 3.63) is 65.7 Å². The van der Waals surface area contributed by atoms with Crippen LogP contribution in [-0.2, 0) is 16.0 Å². The number of amides is 2. The quantitative estimate of drug-likeness (QED) is 0.459. The zero-order valence-corrected chi connectivity index (χ0v) is 20.1. The Kier molecular flexibility index (Phi) is 10.6. The molecular weight excluding hydrogens is 404 g/mol. The molecule has 5 heteroatoms. The van der Waals surface area contributed by atoms with E-state index < -0.39 is 6.04 Å².